The van der Waals surface area contributed by atoms with Crippen molar-refractivity contribution in [2.45, 2.75) is 19.9 Å². The number of rotatable bonds is 4. The predicted octanol–water partition coefficient (Wildman–Crippen LogP) is 4.02. The van der Waals surface area contributed by atoms with Crippen LogP contribution in [0.2, 0.25) is 10.2 Å². The highest BCUT2D eigenvalue weighted by Crippen LogP contribution is 2.22. The third kappa shape index (κ3) is 3.65. The van der Waals surface area contributed by atoms with E-state index in [1.54, 1.807) is 18.2 Å². The first-order chi connectivity index (χ1) is 9.88. The number of ketones is 1. The Morgan fingerprint density at radius 3 is 2.52 bits per heavy atom. The molecule has 21 heavy (non-hydrogen) atoms. The molecule has 0 spiro atoms. The van der Waals surface area contributed by atoms with Crippen LogP contribution in [0.15, 0.2) is 30.3 Å². The number of H-pyrrole nitrogens is 1. The number of benzene rings is 1. The minimum atomic E-state index is -0.315. The van der Waals surface area contributed by atoms with Gasteiger partial charge in [-0.05, 0) is 31.5 Å². The summed E-state index contributed by atoms with van der Waals surface area (Å²) >= 11 is 11.6. The van der Waals surface area contributed by atoms with Crippen LogP contribution in [0.3, 0.4) is 0 Å². The van der Waals surface area contributed by atoms with E-state index in [2.05, 4.69) is 10.3 Å². The maximum Gasteiger partial charge on any atom is 0.268 e. The largest absolute Gasteiger partial charge is 0.344 e. The monoisotopic (exact) mass is 324 g/mol. The van der Waals surface area contributed by atoms with Crippen molar-refractivity contribution >= 4 is 34.9 Å². The molecule has 1 heterocycles. The van der Waals surface area contributed by atoms with E-state index in [9.17, 15) is 9.59 Å². The number of halogens is 2. The average molecular weight is 325 g/mol. The molecule has 4 nitrogen and oxygen atoms in total. The predicted molar refractivity (Wildman–Crippen MR) is 83.1 cm³/mol. The van der Waals surface area contributed by atoms with Crippen molar-refractivity contribution < 1.29 is 9.59 Å². The topological polar surface area (TPSA) is 62.0 Å². The van der Waals surface area contributed by atoms with Gasteiger partial charge >= 0.3 is 0 Å². The Hall–Kier alpha value is -1.78. The smallest absolute Gasteiger partial charge is 0.268 e. The van der Waals surface area contributed by atoms with Crippen LogP contribution in [-0.4, -0.2) is 16.7 Å². The Morgan fingerprint density at radius 1 is 1.24 bits per heavy atom. The minimum absolute atomic E-state index is 0.0155. The molecule has 0 aliphatic heterocycles. The highest BCUT2D eigenvalue weighted by molar-refractivity contribution is 6.41. The van der Waals surface area contributed by atoms with Gasteiger partial charge in [-0.25, -0.2) is 0 Å². The summed E-state index contributed by atoms with van der Waals surface area (Å²) in [5.41, 5.74) is 1.75. The van der Waals surface area contributed by atoms with Crippen LogP contribution in [0.4, 0.5) is 0 Å². The molecule has 0 bridgehead atoms. The summed E-state index contributed by atoms with van der Waals surface area (Å²) in [4.78, 5) is 26.2. The van der Waals surface area contributed by atoms with E-state index in [0.717, 1.165) is 5.56 Å². The van der Waals surface area contributed by atoms with E-state index in [1.165, 1.54) is 13.0 Å². The molecule has 2 N–H and O–H groups in total. The molecule has 2 rings (SSSR count). The first-order valence-corrected chi connectivity index (χ1v) is 7.10. The number of nitrogens with one attached hydrogen (secondary N) is 2. The van der Waals surface area contributed by atoms with E-state index in [-0.39, 0.29) is 22.9 Å². The zero-order valence-corrected chi connectivity index (χ0v) is 13.0. The third-order valence-electron chi connectivity index (χ3n) is 3.11. The lowest BCUT2D eigenvalue weighted by atomic mass is 10.0. The number of aromatic nitrogens is 1. The van der Waals surface area contributed by atoms with Crippen molar-refractivity contribution in [2.24, 2.45) is 0 Å². The summed E-state index contributed by atoms with van der Waals surface area (Å²) in [6, 6.07) is 8.37. The molecule has 1 aromatic carbocycles. The van der Waals surface area contributed by atoms with Gasteiger partial charge in [0.1, 0.15) is 10.8 Å². The van der Waals surface area contributed by atoms with Crippen molar-refractivity contribution in [1.29, 1.82) is 0 Å². The van der Waals surface area contributed by atoms with Gasteiger partial charge in [-0.2, -0.15) is 0 Å². The SMILES string of the molecule is CC(=O)c1cccc(C(C)NC(=O)c2cc(Cl)c(Cl)[nH]2)c1. The molecule has 0 fully saturated rings. The van der Waals surface area contributed by atoms with Gasteiger partial charge in [0, 0.05) is 5.56 Å². The Kier molecular flexibility index (Phi) is 4.70. The average Bonchev–Trinajstić information content (AvgIpc) is 2.79. The number of amides is 1. The molecule has 0 aliphatic carbocycles. The van der Waals surface area contributed by atoms with Crippen molar-refractivity contribution in [3.63, 3.8) is 0 Å². The second-order valence-electron chi connectivity index (χ2n) is 4.72. The first-order valence-electron chi connectivity index (χ1n) is 6.34. The lowest BCUT2D eigenvalue weighted by Crippen LogP contribution is -2.27. The standard InChI is InChI=1S/C15H14Cl2N2O2/c1-8(10-4-3-5-11(6-10)9(2)20)18-15(21)13-7-12(16)14(17)19-13/h3-8,19H,1-2H3,(H,18,21). The number of carbonyl (C=O) groups is 2. The Balaban J connectivity index is 2.14. The number of hydrogen-bond acceptors (Lipinski definition) is 2. The highest BCUT2D eigenvalue weighted by Gasteiger charge is 2.15. The molecule has 1 unspecified atom stereocenters. The van der Waals surface area contributed by atoms with E-state index in [4.69, 9.17) is 23.2 Å². The molecular formula is C15H14Cl2N2O2. The highest BCUT2D eigenvalue weighted by atomic mass is 35.5. The number of hydrogen-bond donors (Lipinski definition) is 2. The molecule has 1 amide bonds. The molecule has 110 valence electrons. The summed E-state index contributed by atoms with van der Waals surface area (Å²) in [5.74, 6) is -0.331. The van der Waals surface area contributed by atoms with Crippen molar-refractivity contribution in [1.82, 2.24) is 10.3 Å². The van der Waals surface area contributed by atoms with Crippen LogP contribution < -0.4 is 5.32 Å². The van der Waals surface area contributed by atoms with E-state index < -0.39 is 0 Å². The molecule has 0 radical (unpaired) electrons. The summed E-state index contributed by atoms with van der Waals surface area (Å²) in [5, 5.41) is 3.35. The lowest BCUT2D eigenvalue weighted by Gasteiger charge is -2.14. The number of carbonyl (C=O) groups excluding carboxylic acids is 2. The fourth-order valence-corrected chi connectivity index (χ4v) is 2.22. The molecule has 0 saturated heterocycles. The van der Waals surface area contributed by atoms with Crippen LogP contribution in [0, 0.1) is 0 Å². The summed E-state index contributed by atoms with van der Waals surface area (Å²) in [6.45, 7) is 3.34. The van der Waals surface area contributed by atoms with Crippen molar-refractivity contribution in [3.05, 3.63) is 57.3 Å². The molecule has 1 atom stereocenters. The zero-order valence-electron chi connectivity index (χ0n) is 11.5. The Labute approximate surface area is 132 Å². The fraction of sp³-hybridized carbons (Fsp3) is 0.200. The second kappa shape index (κ2) is 6.33. The second-order valence-corrected chi connectivity index (χ2v) is 5.51. The quantitative estimate of drug-likeness (QED) is 0.834. The van der Waals surface area contributed by atoms with Crippen LogP contribution in [0.5, 0.6) is 0 Å². The molecular weight excluding hydrogens is 311 g/mol. The minimum Gasteiger partial charge on any atom is -0.344 e. The van der Waals surface area contributed by atoms with E-state index in [1.807, 2.05) is 13.0 Å². The normalized spacial score (nSPS) is 12.0. The summed E-state index contributed by atoms with van der Waals surface area (Å²) in [6.07, 6.45) is 0. The summed E-state index contributed by atoms with van der Waals surface area (Å²) < 4.78 is 0. The fourth-order valence-electron chi connectivity index (χ4n) is 1.91. The first kappa shape index (κ1) is 15.6. The van der Waals surface area contributed by atoms with Gasteiger partial charge in [0.25, 0.3) is 5.91 Å². The zero-order chi connectivity index (χ0) is 15.6. The van der Waals surface area contributed by atoms with Crippen molar-refractivity contribution in [3.8, 4) is 0 Å². The number of aromatic amines is 1. The van der Waals surface area contributed by atoms with Crippen LogP contribution in [-0.2, 0) is 0 Å². The van der Waals surface area contributed by atoms with Crippen LogP contribution >= 0.6 is 23.2 Å². The lowest BCUT2D eigenvalue weighted by molar-refractivity contribution is 0.0935. The van der Waals surface area contributed by atoms with Gasteiger partial charge in [-0.1, -0.05) is 41.4 Å². The van der Waals surface area contributed by atoms with E-state index >= 15 is 0 Å². The molecule has 0 saturated carbocycles. The van der Waals surface area contributed by atoms with Crippen molar-refractivity contribution in [2.75, 3.05) is 0 Å². The van der Waals surface area contributed by atoms with Crippen LogP contribution in [0.25, 0.3) is 0 Å². The van der Waals surface area contributed by atoms with Gasteiger partial charge in [-0.15, -0.1) is 0 Å². The molecule has 0 aliphatic rings. The summed E-state index contributed by atoms with van der Waals surface area (Å²) in [7, 11) is 0. The maximum absolute atomic E-state index is 12.1. The van der Waals surface area contributed by atoms with Gasteiger partial charge in [-0.3, -0.25) is 9.59 Å². The Bertz CT molecular complexity index is 675. The van der Waals surface area contributed by atoms with Gasteiger partial charge in [0.05, 0.1) is 11.1 Å². The maximum atomic E-state index is 12.1. The molecule has 6 heteroatoms. The Morgan fingerprint density at radius 2 is 1.95 bits per heavy atom. The van der Waals surface area contributed by atoms with Gasteiger partial charge in [0.2, 0.25) is 0 Å². The molecule has 2 aromatic rings. The van der Waals surface area contributed by atoms with Gasteiger partial charge in [0.15, 0.2) is 5.78 Å². The van der Waals surface area contributed by atoms with Crippen LogP contribution in [0.1, 0.15) is 46.3 Å². The molecule has 1 aromatic heterocycles. The van der Waals surface area contributed by atoms with Gasteiger partial charge < -0.3 is 10.3 Å². The number of Topliss-reactive ketones (excluding diaryl/α,β-unsaturated/α-hetero) is 1. The van der Waals surface area contributed by atoms with E-state index in [0.29, 0.717) is 16.3 Å². The third-order valence-corrected chi connectivity index (χ3v) is 3.80.